The van der Waals surface area contributed by atoms with Crippen molar-refractivity contribution in [3.63, 3.8) is 0 Å². The number of carbonyl (C=O) groups is 6. The van der Waals surface area contributed by atoms with Gasteiger partial charge in [0.25, 0.3) is 0 Å². The quantitative estimate of drug-likeness (QED) is 0.158. The number of benzene rings is 1. The van der Waals surface area contributed by atoms with Crippen LogP contribution >= 0.6 is 0 Å². The molecular formula is C28H42N4O10. The Kier molecular flexibility index (Phi) is 13.7. The van der Waals surface area contributed by atoms with Crippen LogP contribution in [0.2, 0.25) is 0 Å². The molecule has 0 saturated carbocycles. The number of hydrogen-bond acceptors (Lipinski definition) is 10. The first-order valence-corrected chi connectivity index (χ1v) is 13.4. The highest BCUT2D eigenvalue weighted by Gasteiger charge is 2.27. The summed E-state index contributed by atoms with van der Waals surface area (Å²) in [5.74, 6) is -2.39. The van der Waals surface area contributed by atoms with E-state index in [0.29, 0.717) is 5.56 Å². The molecule has 1 rings (SSSR count). The standard InChI is InChI=1S/C28H42N4O10/c1-9-39-22(34)16-29-21(33)15-30-23(35)17(2)31-24(36)20(32-25(37)41-27(3,4)5)14-18-10-12-19(13-11-18)40-26(38)42-28(6,7)8/h10-13,17,20H,9,14-16H2,1-8H3,(H,29,33)(H,30,35)(H,31,36)(H,32,37). The molecule has 0 radical (unpaired) electrons. The molecular weight excluding hydrogens is 552 g/mol. The highest BCUT2D eigenvalue weighted by molar-refractivity contribution is 5.93. The molecule has 0 heterocycles. The van der Waals surface area contributed by atoms with Crippen LogP contribution in [0.4, 0.5) is 9.59 Å². The Hall–Kier alpha value is -4.36. The number of hydrogen-bond donors (Lipinski definition) is 4. The van der Waals surface area contributed by atoms with Crippen molar-refractivity contribution in [2.75, 3.05) is 19.7 Å². The minimum Gasteiger partial charge on any atom is -0.465 e. The zero-order valence-electron chi connectivity index (χ0n) is 25.4. The zero-order valence-corrected chi connectivity index (χ0v) is 25.4. The minimum absolute atomic E-state index is 0.00238. The molecule has 0 aromatic heterocycles. The number of ether oxygens (including phenoxy) is 4. The Labute approximate surface area is 245 Å². The van der Waals surface area contributed by atoms with E-state index in [1.54, 1.807) is 60.6 Å². The maximum Gasteiger partial charge on any atom is 0.514 e. The smallest absolute Gasteiger partial charge is 0.465 e. The van der Waals surface area contributed by atoms with Gasteiger partial charge in [-0.1, -0.05) is 12.1 Å². The maximum absolute atomic E-state index is 13.1. The van der Waals surface area contributed by atoms with Crippen LogP contribution in [-0.4, -0.2) is 78.9 Å². The number of alkyl carbamates (subject to hydrolysis) is 1. The van der Waals surface area contributed by atoms with Gasteiger partial charge in [0.15, 0.2) is 0 Å². The van der Waals surface area contributed by atoms with Gasteiger partial charge in [-0.25, -0.2) is 9.59 Å². The average Bonchev–Trinajstić information content (AvgIpc) is 2.84. The van der Waals surface area contributed by atoms with Crippen LogP contribution < -0.4 is 26.0 Å². The van der Waals surface area contributed by atoms with E-state index in [0.717, 1.165) is 0 Å². The van der Waals surface area contributed by atoms with Crippen molar-refractivity contribution in [1.29, 1.82) is 0 Å². The van der Waals surface area contributed by atoms with Crippen molar-refractivity contribution < 1.29 is 47.7 Å². The van der Waals surface area contributed by atoms with Gasteiger partial charge < -0.3 is 40.2 Å². The van der Waals surface area contributed by atoms with Gasteiger partial charge in [0.05, 0.1) is 13.2 Å². The van der Waals surface area contributed by atoms with E-state index in [4.69, 9.17) is 18.9 Å². The Balaban J connectivity index is 2.85. The van der Waals surface area contributed by atoms with Gasteiger partial charge in [-0.05, 0) is 73.1 Å². The van der Waals surface area contributed by atoms with Gasteiger partial charge >= 0.3 is 18.2 Å². The van der Waals surface area contributed by atoms with Gasteiger partial charge in [0.1, 0.15) is 35.6 Å². The molecule has 4 amide bonds. The third-order valence-electron chi connectivity index (χ3n) is 4.87. The van der Waals surface area contributed by atoms with Crippen molar-refractivity contribution >= 4 is 35.9 Å². The van der Waals surface area contributed by atoms with E-state index in [-0.39, 0.29) is 25.3 Å². The predicted octanol–water partition coefficient (Wildman–Crippen LogP) is 1.74. The summed E-state index contributed by atoms with van der Waals surface area (Å²) in [5.41, 5.74) is -0.958. The fourth-order valence-electron chi connectivity index (χ4n) is 3.10. The second kappa shape index (κ2) is 16.2. The van der Waals surface area contributed by atoms with Crippen LogP contribution in [0.5, 0.6) is 5.75 Å². The van der Waals surface area contributed by atoms with Crippen molar-refractivity contribution in [2.24, 2.45) is 0 Å². The summed E-state index contributed by atoms with van der Waals surface area (Å²) >= 11 is 0. The van der Waals surface area contributed by atoms with Gasteiger partial charge in [0.2, 0.25) is 17.7 Å². The summed E-state index contributed by atoms with van der Waals surface area (Å²) in [4.78, 5) is 73.1. The predicted molar refractivity (Wildman–Crippen MR) is 150 cm³/mol. The van der Waals surface area contributed by atoms with E-state index in [1.807, 2.05) is 0 Å². The number of nitrogens with one attached hydrogen (secondary N) is 4. The first kappa shape index (κ1) is 35.7. The minimum atomic E-state index is -1.15. The molecule has 14 nitrogen and oxygen atoms in total. The van der Waals surface area contributed by atoms with Crippen molar-refractivity contribution in [3.8, 4) is 5.75 Å². The molecule has 14 heteroatoms. The molecule has 0 saturated heterocycles. The summed E-state index contributed by atoms with van der Waals surface area (Å²) in [7, 11) is 0. The largest absolute Gasteiger partial charge is 0.514 e. The topological polar surface area (TPSA) is 187 Å². The molecule has 1 aromatic rings. The lowest BCUT2D eigenvalue weighted by Gasteiger charge is -2.24. The number of rotatable bonds is 12. The lowest BCUT2D eigenvalue weighted by molar-refractivity contribution is -0.143. The molecule has 0 aliphatic heterocycles. The number of esters is 1. The van der Waals surface area contributed by atoms with Crippen LogP contribution in [-0.2, 0) is 39.8 Å². The summed E-state index contributed by atoms with van der Waals surface area (Å²) in [6.07, 6.45) is -1.71. The molecule has 2 unspecified atom stereocenters. The SMILES string of the molecule is CCOC(=O)CNC(=O)CNC(=O)C(C)NC(=O)C(Cc1ccc(OC(=O)OC(C)(C)C)cc1)NC(=O)OC(C)(C)C. The molecule has 0 fully saturated rings. The molecule has 234 valence electrons. The summed E-state index contributed by atoms with van der Waals surface area (Å²) in [6, 6.07) is 3.97. The van der Waals surface area contributed by atoms with Gasteiger partial charge in [0, 0.05) is 6.42 Å². The molecule has 1 aromatic carbocycles. The molecule has 0 aliphatic carbocycles. The summed E-state index contributed by atoms with van der Waals surface area (Å²) < 4.78 is 20.2. The fraction of sp³-hybridized carbons (Fsp3) is 0.571. The summed E-state index contributed by atoms with van der Waals surface area (Å²) in [6.45, 7) is 12.5. The van der Waals surface area contributed by atoms with Gasteiger partial charge in [-0.2, -0.15) is 0 Å². The van der Waals surface area contributed by atoms with Crippen LogP contribution in [0, 0.1) is 0 Å². The maximum atomic E-state index is 13.1. The number of amides is 4. The van der Waals surface area contributed by atoms with E-state index in [1.165, 1.54) is 19.1 Å². The molecule has 0 bridgehead atoms. The molecule has 0 spiro atoms. The lowest BCUT2D eigenvalue weighted by atomic mass is 10.0. The first-order valence-electron chi connectivity index (χ1n) is 13.4. The van der Waals surface area contributed by atoms with Crippen molar-refractivity contribution in [2.45, 2.75) is 85.1 Å². The monoisotopic (exact) mass is 594 g/mol. The third-order valence-corrected chi connectivity index (χ3v) is 4.87. The van der Waals surface area contributed by atoms with E-state index in [2.05, 4.69) is 21.3 Å². The van der Waals surface area contributed by atoms with E-state index < -0.39 is 65.8 Å². The molecule has 2 atom stereocenters. The third kappa shape index (κ3) is 15.4. The van der Waals surface area contributed by atoms with Crippen LogP contribution in [0.15, 0.2) is 24.3 Å². The summed E-state index contributed by atoms with van der Waals surface area (Å²) in [5, 5.41) is 9.67. The lowest BCUT2D eigenvalue weighted by Crippen LogP contribution is -2.54. The van der Waals surface area contributed by atoms with E-state index >= 15 is 0 Å². The highest BCUT2D eigenvalue weighted by atomic mass is 16.7. The second-order valence-electron chi connectivity index (χ2n) is 11.1. The Morgan fingerprint density at radius 3 is 1.93 bits per heavy atom. The molecule has 0 aliphatic rings. The van der Waals surface area contributed by atoms with Gasteiger partial charge in [-0.15, -0.1) is 0 Å². The van der Waals surface area contributed by atoms with E-state index in [9.17, 15) is 28.8 Å². The Morgan fingerprint density at radius 1 is 0.786 bits per heavy atom. The zero-order chi connectivity index (χ0) is 32.1. The van der Waals surface area contributed by atoms with Gasteiger partial charge in [-0.3, -0.25) is 19.2 Å². The number of carbonyl (C=O) groups excluding carboxylic acids is 6. The highest BCUT2D eigenvalue weighted by Crippen LogP contribution is 2.17. The molecule has 42 heavy (non-hydrogen) atoms. The second-order valence-corrected chi connectivity index (χ2v) is 11.1. The normalized spacial score (nSPS) is 12.6. The first-order chi connectivity index (χ1) is 19.4. The average molecular weight is 595 g/mol. The van der Waals surface area contributed by atoms with Crippen LogP contribution in [0.25, 0.3) is 0 Å². The Bertz CT molecular complexity index is 1110. The van der Waals surface area contributed by atoms with Crippen LogP contribution in [0.1, 0.15) is 61.0 Å². The van der Waals surface area contributed by atoms with Crippen molar-refractivity contribution in [1.82, 2.24) is 21.3 Å². The van der Waals surface area contributed by atoms with Crippen molar-refractivity contribution in [3.05, 3.63) is 29.8 Å². The fourth-order valence-corrected chi connectivity index (χ4v) is 3.10. The molecule has 4 N–H and O–H groups in total. The Morgan fingerprint density at radius 2 is 1.38 bits per heavy atom. The van der Waals surface area contributed by atoms with Crippen LogP contribution in [0.3, 0.4) is 0 Å².